The summed E-state index contributed by atoms with van der Waals surface area (Å²) in [6.07, 6.45) is -0.107. The number of aliphatic carboxylic acids is 1. The molecule has 98 valence electrons. The third-order valence-electron chi connectivity index (χ3n) is 2.75. The van der Waals surface area contributed by atoms with Gasteiger partial charge in [0, 0.05) is 12.0 Å². The fraction of sp³-hybridized carbons (Fsp3) is 0.429. The number of carbonyl (C=O) groups is 2. The van der Waals surface area contributed by atoms with E-state index in [0.29, 0.717) is 11.3 Å². The first-order chi connectivity index (χ1) is 8.45. The maximum Gasteiger partial charge on any atom is 0.303 e. The highest BCUT2D eigenvalue weighted by Crippen LogP contribution is 2.25. The molecule has 18 heavy (non-hydrogen) atoms. The lowest BCUT2D eigenvalue weighted by atomic mass is 9.93. The summed E-state index contributed by atoms with van der Waals surface area (Å²) in [7, 11) is 1.57. The molecular formula is C14H18O4. The second-order valence-corrected chi connectivity index (χ2v) is 4.42. The summed E-state index contributed by atoms with van der Waals surface area (Å²) in [5, 5.41) is 8.60. The molecule has 0 saturated heterocycles. The molecule has 1 aromatic rings. The molecule has 0 aromatic heterocycles. The predicted molar refractivity (Wildman–Crippen MR) is 68.3 cm³/mol. The van der Waals surface area contributed by atoms with E-state index in [2.05, 4.69) is 0 Å². The number of carbonyl (C=O) groups excluding carboxylic acids is 1. The zero-order valence-electron chi connectivity index (χ0n) is 10.9. The zero-order chi connectivity index (χ0) is 13.7. The van der Waals surface area contributed by atoms with Crippen LogP contribution in [0, 0.1) is 0 Å². The van der Waals surface area contributed by atoms with Crippen LogP contribution in [-0.4, -0.2) is 24.0 Å². The van der Waals surface area contributed by atoms with Crippen molar-refractivity contribution in [1.82, 2.24) is 0 Å². The van der Waals surface area contributed by atoms with Crippen molar-refractivity contribution in [3.8, 4) is 5.75 Å². The SMILES string of the molecule is COc1ccc(C(=O)CCC(=O)O)c(C(C)C)c1. The molecule has 1 N–H and O–H groups in total. The Kier molecular flexibility index (Phi) is 4.89. The molecule has 1 rings (SSSR count). The molecule has 0 unspecified atom stereocenters. The second-order valence-electron chi connectivity index (χ2n) is 4.42. The van der Waals surface area contributed by atoms with E-state index in [1.807, 2.05) is 19.9 Å². The van der Waals surface area contributed by atoms with Crippen LogP contribution in [0.15, 0.2) is 18.2 Å². The second kappa shape index (κ2) is 6.19. The third-order valence-corrected chi connectivity index (χ3v) is 2.75. The standard InChI is InChI=1S/C14H18O4/c1-9(2)12-8-10(18-3)4-5-11(12)13(15)6-7-14(16)17/h4-5,8-9H,6-7H2,1-3H3,(H,16,17). The summed E-state index contributed by atoms with van der Waals surface area (Å²) >= 11 is 0. The summed E-state index contributed by atoms with van der Waals surface area (Å²) in [5.74, 6) is -0.205. The Hall–Kier alpha value is -1.84. The van der Waals surface area contributed by atoms with Crippen molar-refractivity contribution in [2.45, 2.75) is 32.6 Å². The van der Waals surface area contributed by atoms with Crippen molar-refractivity contribution < 1.29 is 19.4 Å². The van der Waals surface area contributed by atoms with Crippen LogP contribution < -0.4 is 4.74 Å². The van der Waals surface area contributed by atoms with Crippen LogP contribution in [0.1, 0.15) is 48.5 Å². The number of hydrogen-bond donors (Lipinski definition) is 1. The topological polar surface area (TPSA) is 63.6 Å². The molecule has 0 saturated carbocycles. The van der Waals surface area contributed by atoms with Gasteiger partial charge in [0.1, 0.15) is 5.75 Å². The van der Waals surface area contributed by atoms with Crippen molar-refractivity contribution >= 4 is 11.8 Å². The highest BCUT2D eigenvalue weighted by Gasteiger charge is 2.15. The fourth-order valence-electron chi connectivity index (χ4n) is 1.75. The van der Waals surface area contributed by atoms with E-state index < -0.39 is 5.97 Å². The Bertz CT molecular complexity index is 449. The van der Waals surface area contributed by atoms with Gasteiger partial charge in [-0.15, -0.1) is 0 Å². The molecule has 0 aliphatic carbocycles. The van der Waals surface area contributed by atoms with Crippen LogP contribution in [0.5, 0.6) is 5.75 Å². The van der Waals surface area contributed by atoms with Crippen molar-refractivity contribution in [1.29, 1.82) is 0 Å². The highest BCUT2D eigenvalue weighted by atomic mass is 16.5. The lowest BCUT2D eigenvalue weighted by Crippen LogP contribution is -2.08. The quantitative estimate of drug-likeness (QED) is 0.788. The van der Waals surface area contributed by atoms with Gasteiger partial charge in [-0.05, 0) is 29.7 Å². The zero-order valence-corrected chi connectivity index (χ0v) is 10.9. The normalized spacial score (nSPS) is 10.4. The maximum atomic E-state index is 12.0. The number of Topliss-reactive ketones (excluding diaryl/α,β-unsaturated/α-hetero) is 1. The van der Waals surface area contributed by atoms with Crippen LogP contribution in [0.3, 0.4) is 0 Å². The van der Waals surface area contributed by atoms with Crippen molar-refractivity contribution in [3.05, 3.63) is 29.3 Å². The number of methoxy groups -OCH3 is 1. The number of ketones is 1. The largest absolute Gasteiger partial charge is 0.497 e. The molecule has 0 aliphatic rings. The number of ether oxygens (including phenoxy) is 1. The summed E-state index contributed by atoms with van der Waals surface area (Å²) in [6.45, 7) is 3.98. The van der Waals surface area contributed by atoms with E-state index in [1.54, 1.807) is 19.2 Å². The van der Waals surface area contributed by atoms with Crippen LogP contribution in [0.2, 0.25) is 0 Å². The average Bonchev–Trinajstić information content (AvgIpc) is 2.34. The van der Waals surface area contributed by atoms with Gasteiger partial charge in [0.25, 0.3) is 0 Å². The Labute approximate surface area is 107 Å². The van der Waals surface area contributed by atoms with Crippen LogP contribution in [0.4, 0.5) is 0 Å². The first-order valence-corrected chi connectivity index (χ1v) is 5.88. The molecule has 0 amide bonds. The fourth-order valence-corrected chi connectivity index (χ4v) is 1.75. The number of benzene rings is 1. The van der Waals surface area contributed by atoms with Gasteiger partial charge in [-0.3, -0.25) is 9.59 Å². The van der Waals surface area contributed by atoms with Gasteiger partial charge in [0.15, 0.2) is 5.78 Å². The van der Waals surface area contributed by atoms with Crippen molar-refractivity contribution in [3.63, 3.8) is 0 Å². The first kappa shape index (κ1) is 14.2. The minimum absolute atomic E-state index is 0.0291. The summed E-state index contributed by atoms with van der Waals surface area (Å²) < 4.78 is 5.13. The van der Waals surface area contributed by atoms with E-state index in [1.165, 1.54) is 0 Å². The van der Waals surface area contributed by atoms with Crippen LogP contribution >= 0.6 is 0 Å². The molecular weight excluding hydrogens is 232 g/mol. The Morgan fingerprint density at radius 1 is 1.28 bits per heavy atom. The van der Waals surface area contributed by atoms with E-state index in [0.717, 1.165) is 5.56 Å². The third kappa shape index (κ3) is 3.58. The minimum atomic E-state index is -0.956. The molecule has 0 aliphatic heterocycles. The molecule has 0 fully saturated rings. The maximum absolute atomic E-state index is 12.0. The molecule has 0 radical (unpaired) electrons. The van der Waals surface area contributed by atoms with Crippen LogP contribution in [0.25, 0.3) is 0 Å². The van der Waals surface area contributed by atoms with E-state index >= 15 is 0 Å². The molecule has 4 heteroatoms. The minimum Gasteiger partial charge on any atom is -0.497 e. The van der Waals surface area contributed by atoms with Gasteiger partial charge in [-0.2, -0.15) is 0 Å². The average molecular weight is 250 g/mol. The Balaban J connectivity index is 3.00. The van der Waals surface area contributed by atoms with Crippen LogP contribution in [-0.2, 0) is 4.79 Å². The van der Waals surface area contributed by atoms with Gasteiger partial charge in [-0.25, -0.2) is 0 Å². The van der Waals surface area contributed by atoms with Crippen molar-refractivity contribution in [2.24, 2.45) is 0 Å². The van der Waals surface area contributed by atoms with Gasteiger partial charge >= 0.3 is 5.97 Å². The molecule has 4 nitrogen and oxygen atoms in total. The molecule has 0 atom stereocenters. The summed E-state index contributed by atoms with van der Waals surface area (Å²) in [6, 6.07) is 5.26. The van der Waals surface area contributed by atoms with Gasteiger partial charge in [0.05, 0.1) is 13.5 Å². The Morgan fingerprint density at radius 3 is 2.44 bits per heavy atom. The number of carboxylic acid groups (broad SMARTS) is 1. The summed E-state index contributed by atoms with van der Waals surface area (Å²) in [5.41, 5.74) is 1.48. The van der Waals surface area contributed by atoms with Gasteiger partial charge in [-0.1, -0.05) is 13.8 Å². The number of carboxylic acids is 1. The van der Waals surface area contributed by atoms with Gasteiger partial charge < -0.3 is 9.84 Å². The smallest absolute Gasteiger partial charge is 0.303 e. The lowest BCUT2D eigenvalue weighted by Gasteiger charge is -2.13. The number of rotatable bonds is 6. The highest BCUT2D eigenvalue weighted by molar-refractivity contribution is 5.99. The molecule has 0 bridgehead atoms. The molecule has 1 aromatic carbocycles. The van der Waals surface area contributed by atoms with E-state index in [-0.39, 0.29) is 24.5 Å². The van der Waals surface area contributed by atoms with Gasteiger partial charge in [0.2, 0.25) is 0 Å². The lowest BCUT2D eigenvalue weighted by molar-refractivity contribution is -0.136. The summed E-state index contributed by atoms with van der Waals surface area (Å²) in [4.78, 5) is 22.5. The monoisotopic (exact) mass is 250 g/mol. The van der Waals surface area contributed by atoms with Crippen molar-refractivity contribution in [2.75, 3.05) is 7.11 Å². The molecule has 0 spiro atoms. The molecule has 0 heterocycles. The van der Waals surface area contributed by atoms with E-state index in [4.69, 9.17) is 9.84 Å². The van der Waals surface area contributed by atoms with E-state index in [9.17, 15) is 9.59 Å². The first-order valence-electron chi connectivity index (χ1n) is 5.88. The Morgan fingerprint density at radius 2 is 1.94 bits per heavy atom. The predicted octanol–water partition coefficient (Wildman–Crippen LogP) is 2.87. The number of hydrogen-bond acceptors (Lipinski definition) is 3.